The van der Waals surface area contributed by atoms with Gasteiger partial charge in [-0.3, -0.25) is 4.79 Å². The first-order chi connectivity index (χ1) is 12.5. The zero-order valence-corrected chi connectivity index (χ0v) is 13.5. The van der Waals surface area contributed by atoms with E-state index in [2.05, 4.69) is 20.7 Å². The molecule has 0 radical (unpaired) electrons. The molecule has 9 nitrogen and oxygen atoms in total. The predicted octanol–water partition coefficient (Wildman–Crippen LogP) is 1.18. The van der Waals surface area contributed by atoms with E-state index in [0.717, 1.165) is 10.2 Å². The van der Waals surface area contributed by atoms with Crippen LogP contribution in [0.5, 0.6) is 0 Å². The first-order valence-electron chi connectivity index (χ1n) is 7.55. The van der Waals surface area contributed by atoms with Crippen LogP contribution >= 0.6 is 0 Å². The zero-order chi connectivity index (χ0) is 18.4. The summed E-state index contributed by atoms with van der Waals surface area (Å²) in [5.41, 5.74) is 9.56. The summed E-state index contributed by atoms with van der Waals surface area (Å²) < 4.78 is 15.6. The number of hydrogen-bond acceptors (Lipinski definition) is 5. The average molecular weight is 353 g/mol. The van der Waals surface area contributed by atoms with Gasteiger partial charge in [0.1, 0.15) is 11.3 Å². The minimum absolute atomic E-state index is 0.0157. The highest BCUT2D eigenvalue weighted by molar-refractivity contribution is 5.85. The molecular weight excluding hydrogens is 341 g/mol. The number of urea groups is 1. The number of primary amides is 1. The quantitative estimate of drug-likeness (QED) is 0.560. The number of benzene rings is 1. The van der Waals surface area contributed by atoms with Gasteiger partial charge in [0.2, 0.25) is 0 Å². The van der Waals surface area contributed by atoms with E-state index in [1.54, 1.807) is 25.1 Å². The van der Waals surface area contributed by atoms with Crippen molar-refractivity contribution >= 4 is 22.7 Å². The molecule has 4 rings (SSSR count). The third-order valence-corrected chi connectivity index (χ3v) is 3.92. The summed E-state index contributed by atoms with van der Waals surface area (Å²) in [5, 5.41) is 12.5. The summed E-state index contributed by atoms with van der Waals surface area (Å²) in [4.78, 5) is 23.4. The Labute approximate surface area is 144 Å². The Hall–Kier alpha value is -3.82. The Bertz CT molecular complexity index is 1230. The van der Waals surface area contributed by atoms with E-state index < -0.39 is 11.6 Å². The minimum atomic E-state index is -0.881. The SMILES string of the molecule is Cc1nn2c(nnc3c(=O)n(NC(N)=O)ccc32)c1-c1ccc(F)cc1. The lowest BCUT2D eigenvalue weighted by atomic mass is 10.1. The van der Waals surface area contributed by atoms with Gasteiger partial charge in [-0.15, -0.1) is 10.2 Å². The maximum absolute atomic E-state index is 13.2. The lowest BCUT2D eigenvalue weighted by molar-refractivity contribution is 0.256. The smallest absolute Gasteiger partial charge is 0.331 e. The largest absolute Gasteiger partial charge is 0.350 e. The van der Waals surface area contributed by atoms with E-state index in [9.17, 15) is 14.0 Å². The molecule has 0 aliphatic heterocycles. The van der Waals surface area contributed by atoms with Gasteiger partial charge in [0.25, 0.3) is 5.56 Å². The second-order valence-electron chi connectivity index (χ2n) is 5.60. The monoisotopic (exact) mass is 353 g/mol. The van der Waals surface area contributed by atoms with Crippen molar-refractivity contribution in [2.75, 3.05) is 5.43 Å². The number of halogens is 1. The van der Waals surface area contributed by atoms with Crippen LogP contribution in [-0.2, 0) is 0 Å². The number of rotatable bonds is 2. The molecule has 10 heteroatoms. The van der Waals surface area contributed by atoms with E-state index in [4.69, 9.17) is 5.73 Å². The predicted molar refractivity (Wildman–Crippen MR) is 91.6 cm³/mol. The summed E-state index contributed by atoms with van der Waals surface area (Å²) in [6.45, 7) is 1.79. The molecule has 0 unspecified atom stereocenters. The number of aryl methyl sites for hydroxylation is 1. The molecule has 0 bridgehead atoms. The number of nitrogens with two attached hydrogens (primary N) is 1. The molecular formula is C16H12FN7O2. The molecule has 0 fully saturated rings. The van der Waals surface area contributed by atoms with Crippen LogP contribution in [0.3, 0.4) is 0 Å². The lowest BCUT2D eigenvalue weighted by Crippen LogP contribution is -2.36. The lowest BCUT2D eigenvalue weighted by Gasteiger charge is -2.06. The zero-order valence-electron chi connectivity index (χ0n) is 13.5. The van der Waals surface area contributed by atoms with Gasteiger partial charge in [0, 0.05) is 6.20 Å². The van der Waals surface area contributed by atoms with Gasteiger partial charge in [-0.25, -0.2) is 23.8 Å². The normalized spacial score (nSPS) is 11.2. The molecule has 4 aromatic rings. The van der Waals surface area contributed by atoms with E-state index in [1.165, 1.54) is 22.8 Å². The van der Waals surface area contributed by atoms with Gasteiger partial charge in [0.15, 0.2) is 11.2 Å². The molecule has 0 atom stereocenters. The molecule has 3 heterocycles. The Kier molecular flexibility index (Phi) is 3.39. The number of nitrogens with zero attached hydrogens (tertiary/aromatic N) is 5. The number of aromatic nitrogens is 5. The molecule has 26 heavy (non-hydrogen) atoms. The van der Waals surface area contributed by atoms with E-state index in [0.29, 0.717) is 22.4 Å². The van der Waals surface area contributed by atoms with Crippen molar-refractivity contribution in [2.45, 2.75) is 6.92 Å². The van der Waals surface area contributed by atoms with Gasteiger partial charge in [0.05, 0.1) is 11.3 Å². The molecule has 0 aliphatic rings. The average Bonchev–Trinajstić information content (AvgIpc) is 2.94. The standard InChI is InChI=1S/C16H12FN7O2/c1-8-12(9-2-4-10(17)5-3-9)14-20-19-13-11(24(14)21-8)6-7-23(15(13)25)22-16(18)26/h2-7H,1H3,(H3,18,22,26). The fourth-order valence-electron chi connectivity index (χ4n) is 2.81. The maximum Gasteiger partial charge on any atom is 0.331 e. The molecule has 0 spiro atoms. The molecule has 0 saturated carbocycles. The van der Waals surface area contributed by atoms with Crippen LogP contribution in [0.4, 0.5) is 9.18 Å². The van der Waals surface area contributed by atoms with E-state index in [-0.39, 0.29) is 11.3 Å². The Balaban J connectivity index is 1.99. The van der Waals surface area contributed by atoms with E-state index in [1.807, 2.05) is 0 Å². The minimum Gasteiger partial charge on any atom is -0.350 e. The Morgan fingerprint density at radius 1 is 1.19 bits per heavy atom. The van der Waals surface area contributed by atoms with Gasteiger partial charge in [-0.1, -0.05) is 12.1 Å². The van der Waals surface area contributed by atoms with Crippen LogP contribution < -0.4 is 16.7 Å². The number of amides is 2. The summed E-state index contributed by atoms with van der Waals surface area (Å²) >= 11 is 0. The summed E-state index contributed by atoms with van der Waals surface area (Å²) in [6, 6.07) is 6.63. The fourth-order valence-corrected chi connectivity index (χ4v) is 2.81. The molecule has 3 aromatic heterocycles. The number of hydrogen-bond donors (Lipinski definition) is 2. The van der Waals surface area contributed by atoms with Gasteiger partial charge in [-0.2, -0.15) is 5.10 Å². The highest BCUT2D eigenvalue weighted by Crippen LogP contribution is 2.28. The van der Waals surface area contributed by atoms with Crippen molar-refractivity contribution in [2.24, 2.45) is 5.73 Å². The topological polar surface area (TPSA) is 120 Å². The van der Waals surface area contributed by atoms with Crippen LogP contribution in [-0.4, -0.2) is 30.5 Å². The highest BCUT2D eigenvalue weighted by Gasteiger charge is 2.17. The van der Waals surface area contributed by atoms with Crippen molar-refractivity contribution < 1.29 is 9.18 Å². The second-order valence-corrected chi connectivity index (χ2v) is 5.60. The number of pyridine rings is 1. The van der Waals surface area contributed by atoms with Crippen molar-refractivity contribution in [3.8, 4) is 11.1 Å². The van der Waals surface area contributed by atoms with E-state index >= 15 is 0 Å². The van der Waals surface area contributed by atoms with Crippen molar-refractivity contribution in [3.63, 3.8) is 0 Å². The summed E-state index contributed by atoms with van der Waals surface area (Å²) in [7, 11) is 0. The molecule has 130 valence electrons. The van der Waals surface area contributed by atoms with Crippen molar-refractivity contribution in [1.82, 2.24) is 24.5 Å². The third-order valence-electron chi connectivity index (χ3n) is 3.92. The molecule has 2 amide bonds. The van der Waals surface area contributed by atoms with Crippen molar-refractivity contribution in [3.05, 3.63) is 58.4 Å². The Morgan fingerprint density at radius 3 is 2.62 bits per heavy atom. The first-order valence-corrected chi connectivity index (χ1v) is 7.55. The molecule has 0 aliphatic carbocycles. The van der Waals surface area contributed by atoms with Gasteiger partial charge >= 0.3 is 6.03 Å². The van der Waals surface area contributed by atoms with Gasteiger partial charge < -0.3 is 5.73 Å². The number of nitrogens with one attached hydrogen (secondary N) is 1. The van der Waals surface area contributed by atoms with Gasteiger partial charge in [-0.05, 0) is 30.7 Å². The van der Waals surface area contributed by atoms with Crippen LogP contribution in [0.15, 0.2) is 41.3 Å². The fraction of sp³-hybridized carbons (Fsp3) is 0.0625. The van der Waals surface area contributed by atoms with Crippen LogP contribution in [0.25, 0.3) is 27.8 Å². The first kappa shape index (κ1) is 15.7. The van der Waals surface area contributed by atoms with Crippen LogP contribution in [0, 0.1) is 12.7 Å². The summed E-state index contributed by atoms with van der Waals surface area (Å²) in [6.07, 6.45) is 1.35. The maximum atomic E-state index is 13.2. The second kappa shape index (κ2) is 5.62. The van der Waals surface area contributed by atoms with Crippen LogP contribution in [0.1, 0.15) is 5.69 Å². The van der Waals surface area contributed by atoms with Crippen molar-refractivity contribution in [1.29, 1.82) is 0 Å². The molecule has 0 saturated heterocycles. The number of carbonyl (C=O) groups is 1. The number of carbonyl (C=O) groups excluding carboxylic acids is 1. The third kappa shape index (κ3) is 2.35. The highest BCUT2D eigenvalue weighted by atomic mass is 19.1. The molecule has 3 N–H and O–H groups in total. The summed E-state index contributed by atoms with van der Waals surface area (Å²) in [5.74, 6) is -0.345. The van der Waals surface area contributed by atoms with Crippen LogP contribution in [0.2, 0.25) is 0 Å². The Morgan fingerprint density at radius 2 is 1.92 bits per heavy atom. The molecule has 1 aromatic carbocycles. The number of fused-ring (bicyclic) bond motifs is 3.